The quantitative estimate of drug-likeness (QED) is 0.547. The third-order valence-electron chi connectivity index (χ3n) is 4.59. The Balaban J connectivity index is 2.02. The average Bonchev–Trinajstić information content (AvgIpc) is 2.66. The Labute approximate surface area is 155 Å². The summed E-state index contributed by atoms with van der Waals surface area (Å²) < 4.78 is 0. The van der Waals surface area contributed by atoms with Gasteiger partial charge in [0, 0.05) is 25.1 Å². The third kappa shape index (κ3) is 3.75. The van der Waals surface area contributed by atoms with Gasteiger partial charge in [-0.1, -0.05) is 54.6 Å². The highest BCUT2D eigenvalue weighted by Gasteiger charge is 2.10. The highest BCUT2D eigenvalue weighted by Crippen LogP contribution is 2.33. The molecule has 0 aliphatic heterocycles. The lowest BCUT2D eigenvalue weighted by Gasteiger charge is -2.18. The Bertz CT molecular complexity index is 916. The van der Waals surface area contributed by atoms with E-state index in [2.05, 4.69) is 74.5 Å². The molecule has 3 aromatic carbocycles. The second-order valence-corrected chi connectivity index (χ2v) is 6.52. The molecule has 0 heterocycles. The van der Waals surface area contributed by atoms with Gasteiger partial charge in [-0.3, -0.25) is 0 Å². The number of hydrogen-bond donors (Lipinski definition) is 1. The number of hydrogen-bond acceptors (Lipinski definition) is 2. The van der Waals surface area contributed by atoms with Gasteiger partial charge in [-0.25, -0.2) is 0 Å². The Kier molecular flexibility index (Phi) is 5.33. The molecule has 3 aromatic rings. The van der Waals surface area contributed by atoms with Crippen LogP contribution in [0.25, 0.3) is 22.3 Å². The molecule has 0 saturated carbocycles. The Morgan fingerprint density at radius 1 is 0.769 bits per heavy atom. The van der Waals surface area contributed by atoms with E-state index in [1.165, 1.54) is 39.6 Å². The Hall–Kier alpha value is -3.13. The lowest BCUT2D eigenvalue weighted by molar-refractivity contribution is 1.21. The first-order chi connectivity index (χ1) is 12.6. The fraction of sp³-hybridized carbons (Fsp3) is 0.125. The van der Waals surface area contributed by atoms with E-state index >= 15 is 0 Å². The van der Waals surface area contributed by atoms with Crippen LogP contribution in [0, 0.1) is 19.3 Å². The highest BCUT2D eigenvalue weighted by molar-refractivity contribution is 5.78. The van der Waals surface area contributed by atoms with Crippen molar-refractivity contribution in [3.8, 4) is 22.3 Å². The van der Waals surface area contributed by atoms with Crippen LogP contribution in [0.5, 0.6) is 0 Å². The first-order valence-corrected chi connectivity index (χ1v) is 8.77. The van der Waals surface area contributed by atoms with Crippen molar-refractivity contribution < 1.29 is 0 Å². The predicted octanol–water partition coefficient (Wildman–Crippen LogP) is 6.24. The van der Waals surface area contributed by atoms with Crippen LogP contribution in [0.15, 0.2) is 79.0 Å². The molecule has 0 aliphatic carbocycles. The number of aryl methyl sites for hydroxylation is 2. The van der Waals surface area contributed by atoms with Crippen LogP contribution < -0.4 is 4.90 Å². The Morgan fingerprint density at radius 2 is 1.42 bits per heavy atom. The molecule has 0 fully saturated rings. The standard InChI is InChI=1S/C24H24N2/c1-18-15-22(20-9-5-4-6-10-20)16-19(2)24(18)21-11-7-12-23(17-21)26(3)14-8-13-25/h4-17,25H,1-3H3/b14-8-,25-13?. The summed E-state index contributed by atoms with van der Waals surface area (Å²) in [5.41, 5.74) is 8.66. The summed E-state index contributed by atoms with van der Waals surface area (Å²) >= 11 is 0. The molecule has 0 aromatic heterocycles. The smallest absolute Gasteiger partial charge is 0.0409 e. The molecule has 0 bridgehead atoms. The number of rotatable bonds is 5. The van der Waals surface area contributed by atoms with E-state index in [-0.39, 0.29) is 0 Å². The van der Waals surface area contributed by atoms with Crippen LogP contribution in [-0.2, 0) is 0 Å². The molecule has 1 N–H and O–H groups in total. The number of anilines is 1. The normalized spacial score (nSPS) is 10.9. The largest absolute Gasteiger partial charge is 0.351 e. The van der Waals surface area contributed by atoms with E-state index in [1.54, 1.807) is 6.08 Å². The van der Waals surface area contributed by atoms with Crippen LogP contribution in [0.2, 0.25) is 0 Å². The third-order valence-corrected chi connectivity index (χ3v) is 4.59. The SMILES string of the molecule is Cc1cc(-c2ccccc2)cc(C)c1-c1cccc(N(C)/C=C\C=N)c1. The Morgan fingerprint density at radius 3 is 2.08 bits per heavy atom. The van der Waals surface area contributed by atoms with Crippen molar-refractivity contribution in [1.29, 1.82) is 5.41 Å². The summed E-state index contributed by atoms with van der Waals surface area (Å²) in [6, 6.07) is 23.6. The molecule has 0 amide bonds. The van der Waals surface area contributed by atoms with Crippen molar-refractivity contribution in [2.75, 3.05) is 11.9 Å². The molecule has 26 heavy (non-hydrogen) atoms. The molecular formula is C24H24N2. The van der Waals surface area contributed by atoms with Gasteiger partial charge in [-0.2, -0.15) is 0 Å². The number of nitrogens with one attached hydrogen (secondary N) is 1. The zero-order valence-corrected chi connectivity index (χ0v) is 15.5. The number of allylic oxidation sites excluding steroid dienone is 1. The van der Waals surface area contributed by atoms with E-state index in [9.17, 15) is 0 Å². The van der Waals surface area contributed by atoms with E-state index in [0.29, 0.717) is 0 Å². The monoisotopic (exact) mass is 340 g/mol. The zero-order chi connectivity index (χ0) is 18.5. The second-order valence-electron chi connectivity index (χ2n) is 6.52. The van der Waals surface area contributed by atoms with Gasteiger partial charge in [0.25, 0.3) is 0 Å². The molecule has 130 valence electrons. The first-order valence-electron chi connectivity index (χ1n) is 8.77. The minimum atomic E-state index is 1.10. The summed E-state index contributed by atoms with van der Waals surface area (Å²) in [6.07, 6.45) is 4.90. The van der Waals surface area contributed by atoms with Crippen molar-refractivity contribution in [2.24, 2.45) is 0 Å². The molecule has 0 aliphatic rings. The lowest BCUT2D eigenvalue weighted by atomic mass is 9.91. The van der Waals surface area contributed by atoms with Gasteiger partial charge in [0.2, 0.25) is 0 Å². The molecule has 0 spiro atoms. The van der Waals surface area contributed by atoms with Gasteiger partial charge in [-0.15, -0.1) is 0 Å². The van der Waals surface area contributed by atoms with Crippen LogP contribution in [0.4, 0.5) is 5.69 Å². The van der Waals surface area contributed by atoms with Gasteiger partial charge in [-0.05, 0) is 65.4 Å². The molecule has 2 nitrogen and oxygen atoms in total. The molecule has 0 saturated heterocycles. The van der Waals surface area contributed by atoms with E-state index in [0.717, 1.165) is 5.69 Å². The maximum atomic E-state index is 7.14. The van der Waals surface area contributed by atoms with Gasteiger partial charge in [0.1, 0.15) is 0 Å². The summed E-state index contributed by atoms with van der Waals surface area (Å²) in [5.74, 6) is 0. The van der Waals surface area contributed by atoms with Crippen LogP contribution in [0.1, 0.15) is 11.1 Å². The fourth-order valence-corrected chi connectivity index (χ4v) is 3.36. The van der Waals surface area contributed by atoms with Crippen molar-refractivity contribution in [3.05, 3.63) is 90.1 Å². The summed E-state index contributed by atoms with van der Waals surface area (Å²) in [5, 5.41) is 7.14. The minimum Gasteiger partial charge on any atom is -0.351 e. The first kappa shape index (κ1) is 17.7. The molecule has 0 radical (unpaired) electrons. The van der Waals surface area contributed by atoms with Gasteiger partial charge >= 0.3 is 0 Å². The number of nitrogens with zero attached hydrogens (tertiary/aromatic N) is 1. The molecule has 2 heteroatoms. The second kappa shape index (κ2) is 7.83. The average molecular weight is 340 g/mol. The molecular weight excluding hydrogens is 316 g/mol. The molecule has 0 unspecified atom stereocenters. The summed E-state index contributed by atoms with van der Waals surface area (Å²) in [4.78, 5) is 2.03. The van der Waals surface area contributed by atoms with E-state index < -0.39 is 0 Å². The van der Waals surface area contributed by atoms with Crippen LogP contribution in [-0.4, -0.2) is 13.3 Å². The van der Waals surface area contributed by atoms with Gasteiger partial charge < -0.3 is 10.3 Å². The zero-order valence-electron chi connectivity index (χ0n) is 15.5. The fourth-order valence-electron chi connectivity index (χ4n) is 3.36. The summed E-state index contributed by atoms with van der Waals surface area (Å²) in [6.45, 7) is 4.36. The highest BCUT2D eigenvalue weighted by atomic mass is 15.1. The van der Waals surface area contributed by atoms with Crippen molar-refractivity contribution in [2.45, 2.75) is 13.8 Å². The molecule has 0 atom stereocenters. The number of benzene rings is 3. The minimum absolute atomic E-state index is 1.10. The topological polar surface area (TPSA) is 27.1 Å². The lowest BCUT2D eigenvalue weighted by Crippen LogP contribution is -2.07. The van der Waals surface area contributed by atoms with E-state index in [1.807, 2.05) is 24.2 Å². The van der Waals surface area contributed by atoms with Gasteiger partial charge in [0.05, 0.1) is 0 Å². The summed E-state index contributed by atoms with van der Waals surface area (Å²) in [7, 11) is 2.00. The molecule has 3 rings (SSSR count). The maximum Gasteiger partial charge on any atom is 0.0409 e. The van der Waals surface area contributed by atoms with E-state index in [4.69, 9.17) is 5.41 Å². The maximum absolute atomic E-state index is 7.14. The van der Waals surface area contributed by atoms with Crippen molar-refractivity contribution in [1.82, 2.24) is 0 Å². The van der Waals surface area contributed by atoms with Crippen LogP contribution >= 0.6 is 0 Å². The van der Waals surface area contributed by atoms with Gasteiger partial charge in [0.15, 0.2) is 0 Å². The van der Waals surface area contributed by atoms with Crippen molar-refractivity contribution >= 4 is 11.9 Å². The van der Waals surface area contributed by atoms with Crippen LogP contribution in [0.3, 0.4) is 0 Å². The van der Waals surface area contributed by atoms with Crippen molar-refractivity contribution in [3.63, 3.8) is 0 Å². The predicted molar refractivity (Wildman–Crippen MR) is 113 cm³/mol.